The highest BCUT2D eigenvalue weighted by Crippen LogP contribution is 2.39. The molecule has 2 heterocycles. The smallest absolute Gasteiger partial charge is 0.231 e. The number of carbonyl (C=O) groups is 1. The fourth-order valence-electron chi connectivity index (χ4n) is 4.02. The molecule has 2 aliphatic heterocycles. The third kappa shape index (κ3) is 3.68. The van der Waals surface area contributed by atoms with Gasteiger partial charge in [0, 0.05) is 0 Å². The molecular formula is C23H28N2O3+2. The van der Waals surface area contributed by atoms with Gasteiger partial charge in [-0.05, 0) is 37.6 Å². The molecule has 2 aliphatic rings. The SMILES string of the molecule is CC[NH+]1CC[NH+](Cc2c(O)ccc3c2OC(=Cc2ccc(C)cc2)C3=O)CC1. The molecule has 2 aromatic carbocycles. The molecule has 0 aromatic heterocycles. The lowest BCUT2D eigenvalue weighted by molar-refractivity contribution is -1.02. The number of likely N-dealkylation sites (N-methyl/N-ethyl adjacent to an activating group) is 1. The lowest BCUT2D eigenvalue weighted by Gasteiger charge is -2.29. The molecule has 1 fully saturated rings. The maximum absolute atomic E-state index is 12.8. The number of fused-ring (bicyclic) bond motifs is 1. The molecular weight excluding hydrogens is 352 g/mol. The molecule has 2 aromatic rings. The van der Waals surface area contributed by atoms with E-state index in [2.05, 4.69) is 6.92 Å². The quantitative estimate of drug-likeness (QED) is 0.682. The Morgan fingerprint density at radius 1 is 1.04 bits per heavy atom. The molecule has 0 unspecified atom stereocenters. The van der Waals surface area contributed by atoms with Crippen molar-refractivity contribution in [2.75, 3.05) is 32.7 Å². The molecule has 3 N–H and O–H groups in total. The second-order valence-electron chi connectivity index (χ2n) is 7.82. The number of aryl methyl sites for hydroxylation is 1. The van der Waals surface area contributed by atoms with Gasteiger partial charge in [-0.25, -0.2) is 0 Å². The summed E-state index contributed by atoms with van der Waals surface area (Å²) in [6, 6.07) is 11.3. The van der Waals surface area contributed by atoms with E-state index in [1.807, 2.05) is 31.2 Å². The van der Waals surface area contributed by atoms with E-state index in [4.69, 9.17) is 4.74 Å². The number of rotatable bonds is 4. The molecule has 4 rings (SSSR count). The minimum Gasteiger partial charge on any atom is -0.507 e. The fourth-order valence-corrected chi connectivity index (χ4v) is 4.02. The Morgan fingerprint density at radius 2 is 1.71 bits per heavy atom. The Balaban J connectivity index is 1.58. The number of benzene rings is 2. The Bertz CT molecular complexity index is 910. The van der Waals surface area contributed by atoms with Crippen LogP contribution in [0, 0.1) is 6.92 Å². The number of ether oxygens (including phenoxy) is 1. The van der Waals surface area contributed by atoms with Crippen molar-refractivity contribution in [3.05, 3.63) is 64.4 Å². The van der Waals surface area contributed by atoms with Crippen molar-refractivity contribution in [2.45, 2.75) is 20.4 Å². The summed E-state index contributed by atoms with van der Waals surface area (Å²) in [7, 11) is 0. The van der Waals surface area contributed by atoms with Crippen LogP contribution in [0.3, 0.4) is 0 Å². The summed E-state index contributed by atoms with van der Waals surface area (Å²) >= 11 is 0. The van der Waals surface area contributed by atoms with Gasteiger partial charge in [-0.3, -0.25) is 4.79 Å². The third-order valence-electron chi connectivity index (χ3n) is 5.88. The zero-order valence-electron chi connectivity index (χ0n) is 16.5. The van der Waals surface area contributed by atoms with E-state index >= 15 is 0 Å². The molecule has 5 heteroatoms. The van der Waals surface area contributed by atoms with Gasteiger partial charge in [0.05, 0.1) is 17.7 Å². The Hall–Kier alpha value is -2.63. The van der Waals surface area contributed by atoms with Gasteiger partial charge in [-0.1, -0.05) is 29.8 Å². The number of phenols is 1. The predicted octanol–water partition coefficient (Wildman–Crippen LogP) is 0.620. The number of piperazine rings is 1. The van der Waals surface area contributed by atoms with Crippen molar-refractivity contribution < 1.29 is 24.4 Å². The maximum Gasteiger partial charge on any atom is 0.231 e. The lowest BCUT2D eigenvalue weighted by Crippen LogP contribution is -3.27. The molecule has 5 nitrogen and oxygen atoms in total. The Labute approximate surface area is 165 Å². The number of phenolic OH excluding ortho intramolecular Hbond substituents is 1. The van der Waals surface area contributed by atoms with E-state index in [1.165, 1.54) is 10.5 Å². The summed E-state index contributed by atoms with van der Waals surface area (Å²) in [5.74, 6) is 0.940. The van der Waals surface area contributed by atoms with E-state index in [0.717, 1.165) is 43.9 Å². The van der Waals surface area contributed by atoms with Crippen LogP contribution in [0.1, 0.15) is 34.0 Å². The summed E-state index contributed by atoms with van der Waals surface area (Å²) in [6.07, 6.45) is 1.78. The topological polar surface area (TPSA) is 55.4 Å². The number of ketones is 1. The van der Waals surface area contributed by atoms with Crippen molar-refractivity contribution in [1.29, 1.82) is 0 Å². The van der Waals surface area contributed by atoms with E-state index in [0.29, 0.717) is 23.6 Å². The van der Waals surface area contributed by atoms with Crippen molar-refractivity contribution in [3.63, 3.8) is 0 Å². The number of Topliss-reactive ketones (excluding diaryl/α,β-unsaturated/α-hetero) is 1. The van der Waals surface area contributed by atoms with Crippen molar-refractivity contribution in [2.24, 2.45) is 0 Å². The summed E-state index contributed by atoms with van der Waals surface area (Å²) in [4.78, 5) is 15.9. The van der Waals surface area contributed by atoms with Crippen molar-refractivity contribution in [3.8, 4) is 11.5 Å². The zero-order chi connectivity index (χ0) is 19.7. The van der Waals surface area contributed by atoms with Crippen LogP contribution in [-0.2, 0) is 6.54 Å². The lowest BCUT2D eigenvalue weighted by atomic mass is 10.0. The van der Waals surface area contributed by atoms with Crippen LogP contribution in [0.4, 0.5) is 0 Å². The van der Waals surface area contributed by atoms with Crippen LogP contribution in [0.2, 0.25) is 0 Å². The third-order valence-corrected chi connectivity index (χ3v) is 5.88. The second kappa shape index (κ2) is 7.78. The van der Waals surface area contributed by atoms with Crippen LogP contribution in [0.25, 0.3) is 6.08 Å². The first-order chi connectivity index (χ1) is 13.5. The van der Waals surface area contributed by atoms with Gasteiger partial charge in [0.2, 0.25) is 5.78 Å². The molecule has 0 aliphatic carbocycles. The molecule has 0 atom stereocenters. The maximum atomic E-state index is 12.8. The van der Waals surface area contributed by atoms with Crippen LogP contribution in [0.5, 0.6) is 11.5 Å². The summed E-state index contributed by atoms with van der Waals surface area (Å²) in [5, 5.41) is 10.5. The average Bonchev–Trinajstić information content (AvgIpc) is 3.02. The zero-order valence-corrected chi connectivity index (χ0v) is 16.5. The molecule has 146 valence electrons. The first-order valence-corrected chi connectivity index (χ1v) is 10.1. The van der Waals surface area contributed by atoms with Crippen molar-refractivity contribution >= 4 is 11.9 Å². The highest BCUT2D eigenvalue weighted by Gasteiger charge is 2.33. The standard InChI is InChI=1S/C23H26N2O3/c1-3-24-10-12-25(13-11-24)15-19-20(26)9-8-18-22(27)21(28-23(18)19)14-17-6-4-16(2)5-7-17/h4-9,14,26H,3,10-13,15H2,1-2H3/p+2. The van der Waals surface area contributed by atoms with Gasteiger partial charge in [0.1, 0.15) is 38.5 Å². The first kappa shape index (κ1) is 18.7. The number of carbonyl (C=O) groups excluding carboxylic acids is 1. The molecule has 0 radical (unpaired) electrons. The van der Waals surface area contributed by atoms with Crippen LogP contribution in [-0.4, -0.2) is 43.6 Å². The summed E-state index contributed by atoms with van der Waals surface area (Å²) < 4.78 is 5.98. The van der Waals surface area contributed by atoms with Crippen LogP contribution in [0.15, 0.2) is 42.2 Å². The van der Waals surface area contributed by atoms with Gasteiger partial charge in [-0.15, -0.1) is 0 Å². The summed E-state index contributed by atoms with van der Waals surface area (Å²) in [6.45, 7) is 10.5. The van der Waals surface area contributed by atoms with Gasteiger partial charge < -0.3 is 19.6 Å². The second-order valence-corrected chi connectivity index (χ2v) is 7.82. The Kier molecular flexibility index (Phi) is 5.20. The highest BCUT2D eigenvalue weighted by atomic mass is 16.5. The number of allylic oxidation sites excluding steroid dienone is 1. The monoisotopic (exact) mass is 380 g/mol. The molecule has 0 amide bonds. The number of hydrogen-bond acceptors (Lipinski definition) is 3. The largest absolute Gasteiger partial charge is 0.507 e. The highest BCUT2D eigenvalue weighted by molar-refractivity contribution is 6.14. The molecule has 28 heavy (non-hydrogen) atoms. The molecule has 0 saturated carbocycles. The van der Waals surface area contributed by atoms with E-state index in [9.17, 15) is 9.90 Å². The van der Waals surface area contributed by atoms with Gasteiger partial charge in [-0.2, -0.15) is 0 Å². The first-order valence-electron chi connectivity index (χ1n) is 10.1. The van der Waals surface area contributed by atoms with Crippen LogP contribution >= 0.6 is 0 Å². The minimum atomic E-state index is -0.118. The molecule has 0 bridgehead atoms. The number of nitrogens with one attached hydrogen (secondary N) is 2. The summed E-state index contributed by atoms with van der Waals surface area (Å²) in [5.41, 5.74) is 3.39. The van der Waals surface area contributed by atoms with E-state index in [1.54, 1.807) is 23.1 Å². The molecule has 0 spiro atoms. The fraction of sp³-hybridized carbons (Fsp3) is 0.348. The van der Waals surface area contributed by atoms with Crippen LogP contribution < -0.4 is 14.5 Å². The van der Waals surface area contributed by atoms with E-state index in [-0.39, 0.29) is 11.5 Å². The number of quaternary nitrogens is 2. The average molecular weight is 380 g/mol. The molecule has 1 saturated heterocycles. The number of hydrogen-bond donors (Lipinski definition) is 3. The van der Waals surface area contributed by atoms with E-state index < -0.39 is 0 Å². The van der Waals surface area contributed by atoms with Crippen molar-refractivity contribution in [1.82, 2.24) is 0 Å². The predicted molar refractivity (Wildman–Crippen MR) is 108 cm³/mol. The normalized spacial score (nSPS) is 22.9. The minimum absolute atomic E-state index is 0.118. The van der Waals surface area contributed by atoms with Gasteiger partial charge in [0.15, 0.2) is 11.5 Å². The van der Waals surface area contributed by atoms with Gasteiger partial charge in [0.25, 0.3) is 0 Å². The van der Waals surface area contributed by atoms with Gasteiger partial charge >= 0.3 is 0 Å². The Morgan fingerprint density at radius 3 is 2.39 bits per heavy atom. The number of aromatic hydroxyl groups is 1.